The first-order valence-corrected chi connectivity index (χ1v) is 8.51. The Labute approximate surface area is 137 Å². The molecule has 2 N–H and O–H groups in total. The fourth-order valence-electron chi connectivity index (χ4n) is 3.29. The predicted molar refractivity (Wildman–Crippen MR) is 85.5 cm³/mol. The molecule has 0 saturated carbocycles. The zero-order valence-corrected chi connectivity index (χ0v) is 13.5. The summed E-state index contributed by atoms with van der Waals surface area (Å²) in [5.74, 6) is 0.687. The van der Waals surface area contributed by atoms with Crippen LogP contribution in [0.25, 0.3) is 0 Å². The maximum atomic E-state index is 12.4. The van der Waals surface area contributed by atoms with E-state index in [1.807, 2.05) is 0 Å². The van der Waals surface area contributed by atoms with Crippen molar-refractivity contribution in [2.24, 2.45) is 0 Å². The van der Waals surface area contributed by atoms with Crippen LogP contribution in [0, 0.1) is 0 Å². The van der Waals surface area contributed by atoms with Gasteiger partial charge in [-0.15, -0.1) is 0 Å². The van der Waals surface area contributed by atoms with Gasteiger partial charge in [-0.1, -0.05) is 11.3 Å². The van der Waals surface area contributed by atoms with Crippen LogP contribution in [0.2, 0.25) is 0 Å². The lowest BCUT2D eigenvalue weighted by Crippen LogP contribution is -2.42. The second-order valence-corrected chi connectivity index (χ2v) is 6.91. The number of fused-ring (bicyclic) bond motifs is 2. The second kappa shape index (κ2) is 5.90. The molecule has 0 aliphatic carbocycles. The quantitative estimate of drug-likeness (QED) is 0.880. The van der Waals surface area contributed by atoms with E-state index in [0.717, 1.165) is 12.8 Å². The number of thiophene rings is 1. The molecule has 2 aromatic heterocycles. The number of hydrogen-bond acceptors (Lipinski definition) is 6. The number of carbonyl (C=O) groups is 1. The van der Waals surface area contributed by atoms with Crippen LogP contribution in [0.1, 0.15) is 28.9 Å². The molecule has 6 nitrogen and oxygen atoms in total. The van der Waals surface area contributed by atoms with Gasteiger partial charge in [0, 0.05) is 30.3 Å². The molecule has 4 heterocycles. The second-order valence-electron chi connectivity index (χ2n) is 5.86. The van der Waals surface area contributed by atoms with E-state index in [4.69, 9.17) is 13.9 Å². The summed E-state index contributed by atoms with van der Waals surface area (Å²) in [4.78, 5) is 13.0. The van der Waals surface area contributed by atoms with Crippen LogP contribution in [0.3, 0.4) is 0 Å². The highest BCUT2D eigenvalue weighted by Crippen LogP contribution is 2.33. The van der Waals surface area contributed by atoms with E-state index in [2.05, 4.69) is 10.6 Å². The molecular formula is C16H18N2O4S. The van der Waals surface area contributed by atoms with Crippen LogP contribution in [-0.4, -0.2) is 31.1 Å². The molecule has 2 bridgehead atoms. The topological polar surface area (TPSA) is 72.7 Å². The van der Waals surface area contributed by atoms with Crippen LogP contribution in [-0.2, 0) is 0 Å². The van der Waals surface area contributed by atoms with Crippen LogP contribution in [0.5, 0.6) is 17.0 Å². The third kappa shape index (κ3) is 2.94. The number of hydrogen-bond donors (Lipinski definition) is 2. The number of ether oxygens (including phenoxy) is 2. The zero-order chi connectivity index (χ0) is 15.8. The van der Waals surface area contributed by atoms with Gasteiger partial charge in [0.15, 0.2) is 5.06 Å². The Balaban J connectivity index is 1.38. The summed E-state index contributed by atoms with van der Waals surface area (Å²) in [7, 11) is 1.53. The molecule has 3 atom stereocenters. The third-order valence-electron chi connectivity index (χ3n) is 4.38. The standard InChI is InChI=1S/C16H18N2O4S/c1-20-13-5-6-14(21-13)22-15-7-4-12(23-15)16(19)18-11-8-9-2-3-10(11)17-9/h4-7,9-11,17H,2-3,8H2,1H3,(H,18,19)/t9-,10+,11-/m1/s1. The molecule has 23 heavy (non-hydrogen) atoms. The van der Waals surface area contributed by atoms with Gasteiger partial charge in [-0.25, -0.2) is 0 Å². The van der Waals surface area contributed by atoms with E-state index in [1.165, 1.54) is 24.9 Å². The maximum absolute atomic E-state index is 12.4. The average molecular weight is 334 g/mol. The Morgan fingerprint density at radius 3 is 2.87 bits per heavy atom. The van der Waals surface area contributed by atoms with Crippen LogP contribution < -0.4 is 20.1 Å². The van der Waals surface area contributed by atoms with Gasteiger partial charge in [0.1, 0.15) is 0 Å². The molecule has 0 aromatic carbocycles. The Morgan fingerprint density at radius 1 is 1.30 bits per heavy atom. The van der Waals surface area contributed by atoms with Gasteiger partial charge < -0.3 is 24.5 Å². The summed E-state index contributed by atoms with van der Waals surface area (Å²) in [6, 6.07) is 8.14. The molecule has 2 saturated heterocycles. The Morgan fingerprint density at radius 2 is 2.17 bits per heavy atom. The summed E-state index contributed by atoms with van der Waals surface area (Å²) < 4.78 is 15.9. The summed E-state index contributed by atoms with van der Waals surface area (Å²) in [5, 5.41) is 7.26. The van der Waals surface area contributed by atoms with E-state index in [0.29, 0.717) is 33.9 Å². The number of amides is 1. The smallest absolute Gasteiger partial charge is 0.293 e. The first-order chi connectivity index (χ1) is 11.2. The first-order valence-electron chi connectivity index (χ1n) is 7.69. The highest BCUT2D eigenvalue weighted by molar-refractivity contribution is 7.15. The molecule has 2 aliphatic heterocycles. The monoisotopic (exact) mass is 334 g/mol. The van der Waals surface area contributed by atoms with E-state index < -0.39 is 0 Å². The highest BCUT2D eigenvalue weighted by atomic mass is 32.1. The van der Waals surface area contributed by atoms with Crippen molar-refractivity contribution in [2.75, 3.05) is 7.11 Å². The van der Waals surface area contributed by atoms with E-state index in [-0.39, 0.29) is 11.9 Å². The zero-order valence-electron chi connectivity index (χ0n) is 12.7. The Kier molecular flexibility index (Phi) is 3.74. The summed E-state index contributed by atoms with van der Waals surface area (Å²) in [6.07, 6.45) is 3.40. The SMILES string of the molecule is COc1ccc(Oc2ccc(C(=O)N[C@@H]3C[C@H]4CC[C@@H]3N4)s2)o1. The fourth-order valence-corrected chi connectivity index (χ4v) is 4.05. The molecule has 0 unspecified atom stereocenters. The van der Waals surface area contributed by atoms with E-state index in [9.17, 15) is 4.79 Å². The van der Waals surface area contributed by atoms with Crippen molar-refractivity contribution >= 4 is 17.2 Å². The maximum Gasteiger partial charge on any atom is 0.293 e. The van der Waals surface area contributed by atoms with Crippen LogP contribution >= 0.6 is 11.3 Å². The van der Waals surface area contributed by atoms with Crippen molar-refractivity contribution in [1.29, 1.82) is 0 Å². The number of furan rings is 1. The molecule has 4 rings (SSSR count). The van der Waals surface area contributed by atoms with Crippen molar-refractivity contribution in [3.05, 3.63) is 29.1 Å². The third-order valence-corrected chi connectivity index (χ3v) is 5.34. The summed E-state index contributed by atoms with van der Waals surface area (Å²) in [6.45, 7) is 0. The number of methoxy groups -OCH3 is 1. The minimum atomic E-state index is -0.0405. The molecule has 2 aromatic rings. The average Bonchev–Trinajstić information content (AvgIpc) is 3.32. The van der Waals surface area contributed by atoms with Crippen molar-refractivity contribution < 1.29 is 18.7 Å². The van der Waals surface area contributed by atoms with Gasteiger partial charge in [0.2, 0.25) is 0 Å². The lowest BCUT2D eigenvalue weighted by atomic mass is 9.95. The Bertz CT molecular complexity index is 711. The lowest BCUT2D eigenvalue weighted by Gasteiger charge is -2.20. The molecule has 7 heteroatoms. The van der Waals surface area contributed by atoms with Gasteiger partial charge in [-0.05, 0) is 31.4 Å². The molecule has 0 radical (unpaired) electrons. The number of nitrogens with one attached hydrogen (secondary N) is 2. The molecule has 0 spiro atoms. The largest absolute Gasteiger partial charge is 0.468 e. The van der Waals surface area contributed by atoms with Gasteiger partial charge >= 0.3 is 0 Å². The van der Waals surface area contributed by atoms with Crippen molar-refractivity contribution in [3.63, 3.8) is 0 Å². The highest BCUT2D eigenvalue weighted by Gasteiger charge is 2.39. The molecular weight excluding hydrogens is 316 g/mol. The molecule has 2 aliphatic rings. The summed E-state index contributed by atoms with van der Waals surface area (Å²) >= 11 is 1.30. The Hall–Kier alpha value is -1.99. The minimum Gasteiger partial charge on any atom is -0.468 e. The number of carbonyl (C=O) groups excluding carboxylic acids is 1. The molecule has 122 valence electrons. The van der Waals surface area contributed by atoms with Gasteiger partial charge in [0.05, 0.1) is 12.0 Å². The molecule has 1 amide bonds. The van der Waals surface area contributed by atoms with E-state index in [1.54, 1.807) is 24.3 Å². The minimum absolute atomic E-state index is 0.0405. The first kappa shape index (κ1) is 14.6. The van der Waals surface area contributed by atoms with Crippen molar-refractivity contribution in [1.82, 2.24) is 10.6 Å². The summed E-state index contributed by atoms with van der Waals surface area (Å²) in [5.41, 5.74) is 0. The van der Waals surface area contributed by atoms with Gasteiger partial charge in [-0.3, -0.25) is 4.79 Å². The van der Waals surface area contributed by atoms with Crippen LogP contribution in [0.15, 0.2) is 28.7 Å². The van der Waals surface area contributed by atoms with Crippen molar-refractivity contribution in [2.45, 2.75) is 37.4 Å². The molecule has 2 fully saturated rings. The van der Waals surface area contributed by atoms with Crippen molar-refractivity contribution in [3.8, 4) is 17.0 Å². The van der Waals surface area contributed by atoms with Gasteiger partial charge in [0.25, 0.3) is 17.8 Å². The predicted octanol–water partition coefficient (Wildman–Crippen LogP) is 2.76. The number of rotatable bonds is 5. The van der Waals surface area contributed by atoms with Gasteiger partial charge in [-0.2, -0.15) is 0 Å². The fraction of sp³-hybridized carbons (Fsp3) is 0.438. The van der Waals surface area contributed by atoms with Crippen LogP contribution in [0.4, 0.5) is 0 Å². The lowest BCUT2D eigenvalue weighted by molar-refractivity contribution is 0.0935. The normalized spacial score (nSPS) is 25.5. The van der Waals surface area contributed by atoms with E-state index >= 15 is 0 Å².